The summed E-state index contributed by atoms with van der Waals surface area (Å²) in [5, 5.41) is 15.9. The first-order chi connectivity index (χ1) is 16.8. The number of anilines is 1. The molecule has 0 aromatic heterocycles. The fraction of sp³-hybridized carbons (Fsp3) is 0.280. The van der Waals surface area contributed by atoms with Crippen molar-refractivity contribution in [2.45, 2.75) is 19.8 Å². The molecule has 2 amide bonds. The van der Waals surface area contributed by atoms with E-state index in [1.54, 1.807) is 24.3 Å². The number of nitrogens with one attached hydrogen (secondary N) is 2. The van der Waals surface area contributed by atoms with Crippen molar-refractivity contribution in [2.24, 2.45) is 5.92 Å². The second-order valence-electron chi connectivity index (χ2n) is 7.65. The molecule has 2 atom stereocenters. The Bertz CT molecular complexity index is 1220. The molecule has 8 nitrogen and oxygen atoms in total. The third kappa shape index (κ3) is 6.15. The lowest BCUT2D eigenvalue weighted by Gasteiger charge is -2.31. The second kappa shape index (κ2) is 11.8. The molecule has 35 heavy (non-hydrogen) atoms. The number of aryl methyl sites for hydroxylation is 1. The predicted octanol–water partition coefficient (Wildman–Crippen LogP) is 4.16. The number of rotatable bonds is 8. The van der Waals surface area contributed by atoms with Crippen molar-refractivity contribution in [2.75, 3.05) is 24.8 Å². The lowest BCUT2D eigenvalue weighted by Crippen LogP contribution is -2.44. The Balaban J connectivity index is 1.93. The molecule has 0 saturated heterocycles. The smallest absolute Gasteiger partial charge is 0.319 e. The SMILES string of the molecule is CCOc1ccc([C@@H]2C(C#N)=C(SCC(=O)Nc3cccc(C)c3)NC(=O)[C@@H]2C(=O)OC)cc1Cl. The molecule has 0 fully saturated rings. The maximum atomic E-state index is 13.0. The number of carbonyl (C=O) groups excluding carboxylic acids is 3. The number of hydrogen-bond acceptors (Lipinski definition) is 7. The van der Waals surface area contributed by atoms with Gasteiger partial charge in [-0.25, -0.2) is 0 Å². The first-order valence-corrected chi connectivity index (χ1v) is 12.1. The normalized spacial score (nSPS) is 17.3. The zero-order valence-electron chi connectivity index (χ0n) is 19.4. The maximum absolute atomic E-state index is 13.0. The Morgan fingerprint density at radius 2 is 2.03 bits per heavy atom. The number of halogens is 1. The number of allylic oxidation sites excluding steroid dienone is 1. The van der Waals surface area contributed by atoms with Gasteiger partial charge in [0.25, 0.3) is 0 Å². The quantitative estimate of drug-likeness (QED) is 0.402. The number of hydrogen-bond donors (Lipinski definition) is 2. The van der Waals surface area contributed by atoms with Crippen molar-refractivity contribution in [3.05, 3.63) is 69.2 Å². The highest BCUT2D eigenvalue weighted by Crippen LogP contribution is 2.42. The highest BCUT2D eigenvalue weighted by atomic mass is 35.5. The van der Waals surface area contributed by atoms with Crippen molar-refractivity contribution in [1.29, 1.82) is 5.26 Å². The summed E-state index contributed by atoms with van der Waals surface area (Å²) >= 11 is 7.35. The van der Waals surface area contributed by atoms with Gasteiger partial charge in [-0.2, -0.15) is 5.26 Å². The fourth-order valence-electron chi connectivity index (χ4n) is 3.72. The number of thioether (sulfide) groups is 1. The van der Waals surface area contributed by atoms with Gasteiger partial charge in [0, 0.05) is 11.6 Å². The van der Waals surface area contributed by atoms with Gasteiger partial charge >= 0.3 is 5.97 Å². The minimum Gasteiger partial charge on any atom is -0.492 e. The largest absolute Gasteiger partial charge is 0.492 e. The zero-order valence-corrected chi connectivity index (χ0v) is 21.0. The Kier molecular flexibility index (Phi) is 8.79. The van der Waals surface area contributed by atoms with Crippen LogP contribution in [0.3, 0.4) is 0 Å². The summed E-state index contributed by atoms with van der Waals surface area (Å²) in [6, 6.07) is 14.3. The molecule has 0 aliphatic carbocycles. The first kappa shape index (κ1) is 26.1. The highest BCUT2D eigenvalue weighted by molar-refractivity contribution is 8.03. The standard InChI is InChI=1S/C25H24ClN3O5S/c1-4-34-19-9-8-15(11-18(19)26)21-17(12-27)24(29-23(31)22(21)25(32)33-3)35-13-20(30)28-16-7-5-6-14(2)10-16/h5-11,21-22H,4,13H2,1-3H3,(H,28,30)(H,29,31)/t21-,22-/m1/s1. The van der Waals surface area contributed by atoms with Crippen LogP contribution in [0, 0.1) is 24.2 Å². The van der Waals surface area contributed by atoms with Crippen LogP contribution < -0.4 is 15.4 Å². The van der Waals surface area contributed by atoms with Crippen molar-refractivity contribution < 1.29 is 23.9 Å². The van der Waals surface area contributed by atoms with Crippen LogP contribution in [0.4, 0.5) is 5.69 Å². The van der Waals surface area contributed by atoms with Crippen molar-refractivity contribution >= 4 is 46.8 Å². The monoisotopic (exact) mass is 513 g/mol. The highest BCUT2D eigenvalue weighted by Gasteiger charge is 2.44. The molecule has 0 spiro atoms. The second-order valence-corrected chi connectivity index (χ2v) is 9.04. The van der Waals surface area contributed by atoms with Gasteiger partial charge in [-0.1, -0.05) is 41.6 Å². The number of ether oxygens (including phenoxy) is 2. The Hall–Kier alpha value is -3.48. The maximum Gasteiger partial charge on any atom is 0.319 e. The van der Waals surface area contributed by atoms with Gasteiger partial charge in [-0.3, -0.25) is 14.4 Å². The molecule has 0 radical (unpaired) electrons. The van der Waals surface area contributed by atoms with E-state index in [1.165, 1.54) is 7.11 Å². The van der Waals surface area contributed by atoms with E-state index in [-0.39, 0.29) is 27.3 Å². The zero-order chi connectivity index (χ0) is 25.5. The number of benzene rings is 2. The van der Waals surface area contributed by atoms with E-state index in [4.69, 9.17) is 21.1 Å². The van der Waals surface area contributed by atoms with Gasteiger partial charge < -0.3 is 20.1 Å². The lowest BCUT2D eigenvalue weighted by atomic mass is 9.78. The average molecular weight is 514 g/mol. The minimum absolute atomic E-state index is 0.0611. The predicted molar refractivity (Wildman–Crippen MR) is 134 cm³/mol. The number of esters is 1. The molecule has 1 aliphatic rings. The summed E-state index contributed by atoms with van der Waals surface area (Å²) in [5.41, 5.74) is 2.25. The van der Waals surface area contributed by atoms with Gasteiger partial charge in [0.15, 0.2) is 0 Å². The van der Waals surface area contributed by atoms with E-state index in [2.05, 4.69) is 16.7 Å². The fourth-order valence-corrected chi connectivity index (χ4v) is 4.81. The van der Waals surface area contributed by atoms with E-state index < -0.39 is 23.7 Å². The number of nitrogens with zero attached hydrogens (tertiary/aromatic N) is 1. The van der Waals surface area contributed by atoms with E-state index in [0.29, 0.717) is 23.6 Å². The van der Waals surface area contributed by atoms with Crippen LogP contribution in [0.25, 0.3) is 0 Å². The summed E-state index contributed by atoms with van der Waals surface area (Å²) in [5.74, 6) is -3.59. The molecule has 1 heterocycles. The van der Waals surface area contributed by atoms with Crippen molar-refractivity contribution in [1.82, 2.24) is 5.32 Å². The van der Waals surface area contributed by atoms with Crippen molar-refractivity contribution in [3.8, 4) is 11.8 Å². The molecule has 10 heteroatoms. The van der Waals surface area contributed by atoms with Crippen LogP contribution in [-0.4, -0.2) is 37.3 Å². The Morgan fingerprint density at radius 1 is 1.26 bits per heavy atom. The molecule has 3 rings (SSSR count). The number of carbonyl (C=O) groups is 3. The topological polar surface area (TPSA) is 118 Å². The number of amides is 2. The van der Waals surface area contributed by atoms with Crippen LogP contribution in [0.15, 0.2) is 53.1 Å². The summed E-state index contributed by atoms with van der Waals surface area (Å²) in [4.78, 5) is 38.0. The third-order valence-electron chi connectivity index (χ3n) is 5.25. The van der Waals surface area contributed by atoms with Gasteiger partial charge in [0.2, 0.25) is 11.8 Å². The van der Waals surface area contributed by atoms with Gasteiger partial charge in [0.1, 0.15) is 11.7 Å². The Labute approximate surface area is 212 Å². The van der Waals surface area contributed by atoms with Crippen LogP contribution in [0.5, 0.6) is 5.75 Å². The van der Waals surface area contributed by atoms with E-state index in [1.807, 2.05) is 32.0 Å². The first-order valence-electron chi connectivity index (χ1n) is 10.7. The summed E-state index contributed by atoms with van der Waals surface area (Å²) in [6.07, 6.45) is 0. The number of methoxy groups -OCH3 is 1. The van der Waals surface area contributed by atoms with E-state index in [9.17, 15) is 19.6 Å². The molecule has 2 aromatic carbocycles. The van der Waals surface area contributed by atoms with Crippen LogP contribution in [0.2, 0.25) is 5.02 Å². The van der Waals surface area contributed by atoms with Gasteiger partial charge in [0.05, 0.1) is 41.2 Å². The van der Waals surface area contributed by atoms with Crippen LogP contribution in [0.1, 0.15) is 24.0 Å². The van der Waals surface area contributed by atoms with E-state index >= 15 is 0 Å². The van der Waals surface area contributed by atoms with Crippen LogP contribution in [-0.2, 0) is 19.1 Å². The lowest BCUT2D eigenvalue weighted by molar-refractivity contribution is -0.150. The molecule has 2 N–H and O–H groups in total. The molecular weight excluding hydrogens is 490 g/mol. The molecule has 182 valence electrons. The summed E-state index contributed by atoms with van der Waals surface area (Å²) in [6.45, 7) is 4.14. The molecule has 0 saturated carbocycles. The van der Waals surface area contributed by atoms with Crippen LogP contribution >= 0.6 is 23.4 Å². The Morgan fingerprint density at radius 3 is 2.66 bits per heavy atom. The molecule has 0 unspecified atom stereocenters. The third-order valence-corrected chi connectivity index (χ3v) is 6.56. The molecule has 2 aromatic rings. The number of nitriles is 1. The molecule has 0 bridgehead atoms. The van der Waals surface area contributed by atoms with Gasteiger partial charge in [-0.15, -0.1) is 0 Å². The molecule has 1 aliphatic heterocycles. The molecular formula is C25H24ClN3O5S. The van der Waals surface area contributed by atoms with Crippen molar-refractivity contribution in [3.63, 3.8) is 0 Å². The van der Waals surface area contributed by atoms with E-state index in [0.717, 1.165) is 17.3 Å². The summed E-state index contributed by atoms with van der Waals surface area (Å²) in [7, 11) is 1.17. The average Bonchev–Trinajstić information content (AvgIpc) is 2.83. The van der Waals surface area contributed by atoms with Gasteiger partial charge in [-0.05, 0) is 49.2 Å². The summed E-state index contributed by atoms with van der Waals surface area (Å²) < 4.78 is 10.3. The minimum atomic E-state index is -1.30.